The molecular formula is C6H8BrN3O. The van der Waals surface area contributed by atoms with E-state index in [1.165, 1.54) is 0 Å². The molecule has 5 heteroatoms. The third-order valence-electron chi connectivity index (χ3n) is 1.10. The van der Waals surface area contributed by atoms with Gasteiger partial charge in [0.2, 0.25) is 5.91 Å². The maximum absolute atomic E-state index is 10.8. The third-order valence-corrected chi connectivity index (χ3v) is 1.61. The second-order valence-corrected chi connectivity index (χ2v) is 2.62. The highest BCUT2D eigenvalue weighted by Crippen LogP contribution is 2.00. The Kier molecular flexibility index (Phi) is 2.64. The molecule has 11 heavy (non-hydrogen) atoms. The monoisotopic (exact) mass is 217 g/mol. The predicted molar refractivity (Wildman–Crippen MR) is 45.6 cm³/mol. The Balaban J connectivity index is 2.57. The van der Waals surface area contributed by atoms with Gasteiger partial charge in [-0.15, -0.1) is 0 Å². The number of halogens is 1. The van der Waals surface area contributed by atoms with Gasteiger partial charge in [0, 0.05) is 19.3 Å². The van der Waals surface area contributed by atoms with Crippen molar-refractivity contribution < 1.29 is 4.79 Å². The summed E-state index contributed by atoms with van der Waals surface area (Å²) in [5.74, 6) is 0.487. The fraction of sp³-hybridized carbons (Fsp3) is 0.333. The van der Waals surface area contributed by atoms with E-state index in [1.54, 1.807) is 24.0 Å². The van der Waals surface area contributed by atoms with Gasteiger partial charge in [0.1, 0.15) is 0 Å². The van der Waals surface area contributed by atoms with Crippen molar-refractivity contribution in [2.45, 2.75) is 0 Å². The molecule has 4 nitrogen and oxygen atoms in total. The molecule has 1 aromatic heterocycles. The van der Waals surface area contributed by atoms with Crippen LogP contribution in [-0.4, -0.2) is 21.0 Å². The van der Waals surface area contributed by atoms with Gasteiger partial charge in [-0.1, -0.05) is 15.9 Å². The van der Waals surface area contributed by atoms with Crippen LogP contribution in [0.25, 0.3) is 0 Å². The zero-order valence-corrected chi connectivity index (χ0v) is 7.63. The van der Waals surface area contributed by atoms with Crippen molar-refractivity contribution in [3.8, 4) is 0 Å². The van der Waals surface area contributed by atoms with Gasteiger partial charge < -0.3 is 5.32 Å². The molecule has 1 rings (SSSR count). The fourth-order valence-electron chi connectivity index (χ4n) is 0.658. The number of amides is 1. The molecule has 0 unspecified atom stereocenters. The molecule has 0 saturated heterocycles. The summed E-state index contributed by atoms with van der Waals surface area (Å²) >= 11 is 3.03. The lowest BCUT2D eigenvalue weighted by molar-refractivity contribution is -0.113. The first kappa shape index (κ1) is 8.26. The quantitative estimate of drug-likeness (QED) is 0.744. The lowest BCUT2D eigenvalue weighted by atomic mass is 10.6. The summed E-state index contributed by atoms with van der Waals surface area (Å²) in [4.78, 5) is 10.8. The minimum Gasteiger partial charge on any atom is -0.308 e. The Morgan fingerprint density at radius 3 is 3.09 bits per heavy atom. The van der Waals surface area contributed by atoms with E-state index in [9.17, 15) is 4.79 Å². The van der Waals surface area contributed by atoms with Crippen molar-refractivity contribution in [1.82, 2.24) is 9.78 Å². The first-order valence-electron chi connectivity index (χ1n) is 3.08. The highest BCUT2D eigenvalue weighted by atomic mass is 79.9. The van der Waals surface area contributed by atoms with E-state index in [0.29, 0.717) is 11.1 Å². The molecule has 1 heterocycles. The summed E-state index contributed by atoms with van der Waals surface area (Å²) in [6.45, 7) is 0. The summed E-state index contributed by atoms with van der Waals surface area (Å²) in [6, 6.07) is 1.74. The van der Waals surface area contributed by atoms with Gasteiger partial charge in [-0.05, 0) is 0 Å². The van der Waals surface area contributed by atoms with Crippen molar-refractivity contribution in [2.24, 2.45) is 7.05 Å². The second-order valence-electron chi connectivity index (χ2n) is 2.06. The zero-order chi connectivity index (χ0) is 8.27. The van der Waals surface area contributed by atoms with Gasteiger partial charge in [0.15, 0.2) is 5.82 Å². The number of nitrogens with one attached hydrogen (secondary N) is 1. The Labute approximate surface area is 72.7 Å². The van der Waals surface area contributed by atoms with Crippen molar-refractivity contribution >= 4 is 27.7 Å². The molecule has 0 bridgehead atoms. The van der Waals surface area contributed by atoms with Gasteiger partial charge in [0.25, 0.3) is 0 Å². The molecule has 0 aromatic carbocycles. The largest absolute Gasteiger partial charge is 0.308 e. The second kappa shape index (κ2) is 3.52. The Morgan fingerprint density at radius 1 is 1.91 bits per heavy atom. The molecule has 0 saturated carbocycles. The summed E-state index contributed by atoms with van der Waals surface area (Å²) in [5, 5.41) is 6.85. The highest BCUT2D eigenvalue weighted by molar-refractivity contribution is 9.09. The SMILES string of the molecule is Cn1ccc(NC(=O)CBr)n1. The van der Waals surface area contributed by atoms with E-state index in [4.69, 9.17) is 0 Å². The number of nitrogens with zero attached hydrogens (tertiary/aromatic N) is 2. The zero-order valence-electron chi connectivity index (χ0n) is 6.04. The summed E-state index contributed by atoms with van der Waals surface area (Å²) in [5.41, 5.74) is 0. The van der Waals surface area contributed by atoms with Crippen LogP contribution < -0.4 is 5.32 Å². The van der Waals surface area contributed by atoms with Crippen LogP contribution in [-0.2, 0) is 11.8 Å². The van der Waals surface area contributed by atoms with Crippen LogP contribution in [0.2, 0.25) is 0 Å². The molecular weight excluding hydrogens is 210 g/mol. The smallest absolute Gasteiger partial charge is 0.236 e. The van der Waals surface area contributed by atoms with Crippen molar-refractivity contribution in [1.29, 1.82) is 0 Å². The summed E-state index contributed by atoms with van der Waals surface area (Å²) in [7, 11) is 1.80. The van der Waals surface area contributed by atoms with Crippen molar-refractivity contribution in [2.75, 3.05) is 10.6 Å². The number of carbonyl (C=O) groups is 1. The molecule has 0 aliphatic heterocycles. The average molecular weight is 218 g/mol. The van der Waals surface area contributed by atoms with E-state index in [1.807, 2.05) is 0 Å². The number of rotatable bonds is 2. The molecule has 0 aliphatic rings. The number of hydrogen-bond acceptors (Lipinski definition) is 2. The Bertz CT molecular complexity index is 258. The molecule has 0 radical (unpaired) electrons. The van der Waals surface area contributed by atoms with Gasteiger partial charge in [0.05, 0.1) is 5.33 Å². The number of alkyl halides is 1. The van der Waals surface area contributed by atoms with E-state index in [2.05, 4.69) is 26.3 Å². The molecule has 0 spiro atoms. The fourth-order valence-corrected chi connectivity index (χ4v) is 0.798. The van der Waals surface area contributed by atoms with Crippen LogP contribution >= 0.6 is 15.9 Å². The Hall–Kier alpha value is -0.840. The van der Waals surface area contributed by atoms with Crippen molar-refractivity contribution in [3.05, 3.63) is 12.3 Å². The number of carbonyl (C=O) groups excluding carboxylic acids is 1. The first-order chi connectivity index (χ1) is 5.22. The highest BCUT2D eigenvalue weighted by Gasteiger charge is 2.00. The number of hydrogen-bond donors (Lipinski definition) is 1. The minimum absolute atomic E-state index is 0.0938. The topological polar surface area (TPSA) is 46.9 Å². The Morgan fingerprint density at radius 2 is 2.64 bits per heavy atom. The first-order valence-corrected chi connectivity index (χ1v) is 4.20. The molecule has 60 valence electrons. The van der Waals surface area contributed by atoms with Crippen molar-refractivity contribution in [3.63, 3.8) is 0 Å². The van der Waals surface area contributed by atoms with Crippen LogP contribution in [0, 0.1) is 0 Å². The predicted octanol–water partition coefficient (Wildman–Crippen LogP) is 0.753. The number of anilines is 1. The van der Waals surface area contributed by atoms with Gasteiger partial charge in [-0.2, -0.15) is 5.10 Å². The van der Waals surface area contributed by atoms with E-state index in [-0.39, 0.29) is 5.91 Å². The van der Waals surface area contributed by atoms with Gasteiger partial charge in [-0.3, -0.25) is 9.48 Å². The van der Waals surface area contributed by atoms with Crippen LogP contribution in [0.15, 0.2) is 12.3 Å². The lowest BCUT2D eigenvalue weighted by Crippen LogP contribution is -2.12. The summed E-state index contributed by atoms with van der Waals surface area (Å²) < 4.78 is 1.63. The van der Waals surface area contributed by atoms with Crippen LogP contribution in [0.3, 0.4) is 0 Å². The molecule has 1 N–H and O–H groups in total. The summed E-state index contributed by atoms with van der Waals surface area (Å²) in [6.07, 6.45) is 1.77. The maximum Gasteiger partial charge on any atom is 0.236 e. The normalized spacial score (nSPS) is 9.64. The van der Waals surface area contributed by atoms with Crippen LogP contribution in [0.4, 0.5) is 5.82 Å². The maximum atomic E-state index is 10.8. The van der Waals surface area contributed by atoms with E-state index in [0.717, 1.165) is 0 Å². The molecule has 1 aromatic rings. The average Bonchev–Trinajstić information content (AvgIpc) is 2.35. The van der Waals surface area contributed by atoms with Crippen LogP contribution in [0.5, 0.6) is 0 Å². The van der Waals surface area contributed by atoms with Gasteiger partial charge in [-0.25, -0.2) is 0 Å². The minimum atomic E-state index is -0.0938. The van der Waals surface area contributed by atoms with E-state index < -0.39 is 0 Å². The lowest BCUT2D eigenvalue weighted by Gasteiger charge is -1.95. The third kappa shape index (κ3) is 2.34. The molecule has 0 aliphatic carbocycles. The van der Waals surface area contributed by atoms with Crippen LogP contribution in [0.1, 0.15) is 0 Å². The van der Waals surface area contributed by atoms with Gasteiger partial charge >= 0.3 is 0 Å². The molecule has 1 amide bonds. The molecule has 0 atom stereocenters. The van der Waals surface area contributed by atoms with E-state index >= 15 is 0 Å². The standard InChI is InChI=1S/C6H8BrN3O/c1-10-3-2-5(9-10)8-6(11)4-7/h2-3H,4H2,1H3,(H,8,9,11). The number of aromatic nitrogens is 2. The molecule has 0 fully saturated rings. The number of aryl methyl sites for hydroxylation is 1.